The normalized spacial score (nSPS) is 18.6. The quantitative estimate of drug-likeness (QED) is 0.611. The topological polar surface area (TPSA) is 80.8 Å². The van der Waals surface area contributed by atoms with Gasteiger partial charge in [0.2, 0.25) is 5.91 Å². The molecule has 1 aliphatic rings. The highest BCUT2D eigenvalue weighted by Crippen LogP contribution is 2.33. The molecule has 1 aromatic carbocycles. The molecular formula is C13H13ClFNO5S. The zero-order valence-electron chi connectivity index (χ0n) is 11.6. The van der Waals surface area contributed by atoms with E-state index in [1.807, 2.05) is 0 Å². The summed E-state index contributed by atoms with van der Waals surface area (Å²) in [4.78, 5) is 25.1. The Morgan fingerprint density at radius 2 is 2.18 bits per heavy atom. The molecule has 120 valence electrons. The molecule has 1 unspecified atom stereocenters. The Bertz CT molecular complexity index is 721. The smallest absolute Gasteiger partial charge is 0.341 e. The number of benzene rings is 1. The average Bonchev–Trinajstić information content (AvgIpc) is 2.76. The fourth-order valence-corrected chi connectivity index (χ4v) is 3.48. The lowest BCUT2D eigenvalue weighted by Crippen LogP contribution is -2.27. The van der Waals surface area contributed by atoms with Crippen molar-refractivity contribution < 1.29 is 26.6 Å². The van der Waals surface area contributed by atoms with E-state index in [1.165, 1.54) is 24.1 Å². The van der Waals surface area contributed by atoms with Crippen LogP contribution >= 0.6 is 11.6 Å². The van der Waals surface area contributed by atoms with Gasteiger partial charge in [0.05, 0.1) is 23.6 Å². The minimum Gasteiger partial charge on any atom is -0.465 e. The summed E-state index contributed by atoms with van der Waals surface area (Å²) in [5.74, 6) is -2.52. The van der Waals surface area contributed by atoms with Crippen LogP contribution < -0.4 is 4.90 Å². The van der Waals surface area contributed by atoms with E-state index in [1.54, 1.807) is 6.07 Å². The molecular weight excluding hydrogens is 337 g/mol. The van der Waals surface area contributed by atoms with Gasteiger partial charge in [-0.3, -0.25) is 4.79 Å². The maximum Gasteiger partial charge on any atom is 0.341 e. The number of esters is 1. The molecule has 1 aromatic rings. The predicted octanol–water partition coefficient (Wildman–Crippen LogP) is 1.78. The average molecular weight is 350 g/mol. The largest absolute Gasteiger partial charge is 0.465 e. The van der Waals surface area contributed by atoms with Gasteiger partial charge in [-0.25, -0.2) is 4.79 Å². The third kappa shape index (κ3) is 3.56. The van der Waals surface area contributed by atoms with Crippen molar-refractivity contribution in [3.8, 4) is 0 Å². The fraction of sp³-hybridized carbons (Fsp3) is 0.385. The van der Waals surface area contributed by atoms with Gasteiger partial charge in [-0.15, -0.1) is 3.89 Å². The van der Waals surface area contributed by atoms with Crippen LogP contribution in [0.15, 0.2) is 18.2 Å². The van der Waals surface area contributed by atoms with Crippen LogP contribution in [0.25, 0.3) is 0 Å². The first kappa shape index (κ1) is 16.7. The number of amides is 1. The molecule has 2 rings (SSSR count). The van der Waals surface area contributed by atoms with Crippen molar-refractivity contribution in [1.29, 1.82) is 0 Å². The molecule has 0 radical (unpaired) electrons. The lowest BCUT2D eigenvalue weighted by atomic mass is 10.1. The van der Waals surface area contributed by atoms with Crippen LogP contribution in [0.1, 0.15) is 16.8 Å². The van der Waals surface area contributed by atoms with E-state index in [0.717, 1.165) is 0 Å². The Labute approximate surface area is 132 Å². The summed E-state index contributed by atoms with van der Waals surface area (Å²) in [6.07, 6.45) is -0.115. The van der Waals surface area contributed by atoms with E-state index in [9.17, 15) is 21.9 Å². The van der Waals surface area contributed by atoms with Gasteiger partial charge in [-0.1, -0.05) is 17.7 Å². The van der Waals surface area contributed by atoms with E-state index in [0.29, 0.717) is 0 Å². The zero-order valence-corrected chi connectivity index (χ0v) is 13.2. The van der Waals surface area contributed by atoms with E-state index >= 15 is 0 Å². The molecule has 1 atom stereocenters. The molecule has 1 aliphatic heterocycles. The van der Waals surface area contributed by atoms with Gasteiger partial charge in [-0.05, 0) is 12.1 Å². The molecule has 22 heavy (non-hydrogen) atoms. The first-order chi connectivity index (χ1) is 10.2. The molecule has 1 saturated heterocycles. The second-order valence-electron chi connectivity index (χ2n) is 4.91. The molecule has 0 aromatic heterocycles. The fourth-order valence-electron chi connectivity index (χ4n) is 2.45. The van der Waals surface area contributed by atoms with Crippen LogP contribution in [-0.2, 0) is 19.8 Å². The Balaban J connectivity index is 2.35. The zero-order chi connectivity index (χ0) is 16.5. The van der Waals surface area contributed by atoms with E-state index in [2.05, 4.69) is 4.74 Å². The third-order valence-corrected chi connectivity index (χ3v) is 4.50. The summed E-state index contributed by atoms with van der Waals surface area (Å²) in [6.45, 7) is -0.00762. The number of methoxy groups -OCH3 is 1. The second-order valence-corrected chi connectivity index (χ2v) is 6.72. The molecule has 0 aliphatic carbocycles. The number of ether oxygens (including phenoxy) is 1. The first-order valence-electron chi connectivity index (χ1n) is 6.32. The highest BCUT2D eigenvalue weighted by atomic mass is 35.5. The van der Waals surface area contributed by atoms with E-state index < -0.39 is 33.8 Å². The third-order valence-electron chi connectivity index (χ3n) is 3.31. The van der Waals surface area contributed by atoms with Crippen molar-refractivity contribution in [2.24, 2.45) is 5.92 Å². The SMILES string of the molecule is COC(=O)c1c(Cl)cccc1N1CC(CS(=O)(=O)F)CC1=O. The lowest BCUT2D eigenvalue weighted by Gasteiger charge is -2.20. The van der Waals surface area contributed by atoms with Gasteiger partial charge in [0, 0.05) is 18.9 Å². The number of carbonyl (C=O) groups excluding carboxylic acids is 2. The summed E-state index contributed by atoms with van der Waals surface area (Å²) in [6, 6.07) is 4.53. The van der Waals surface area contributed by atoms with Crippen molar-refractivity contribution in [2.45, 2.75) is 6.42 Å². The molecule has 0 saturated carbocycles. The molecule has 0 spiro atoms. The Kier molecular flexibility index (Phi) is 4.72. The molecule has 1 amide bonds. The molecule has 0 N–H and O–H groups in total. The minimum absolute atomic E-state index is 0.00762. The minimum atomic E-state index is -4.67. The summed E-state index contributed by atoms with van der Waals surface area (Å²) in [5, 5.41) is 0.110. The number of halogens is 2. The number of rotatable bonds is 4. The van der Waals surface area contributed by atoms with Crippen LogP contribution in [-0.4, -0.2) is 39.7 Å². The number of carbonyl (C=O) groups is 2. The van der Waals surface area contributed by atoms with Gasteiger partial charge in [-0.2, -0.15) is 8.42 Å². The number of anilines is 1. The summed E-state index contributed by atoms with van der Waals surface area (Å²) in [5.41, 5.74) is 0.242. The van der Waals surface area contributed by atoms with Gasteiger partial charge in [0.1, 0.15) is 5.56 Å². The van der Waals surface area contributed by atoms with Crippen molar-refractivity contribution in [3.63, 3.8) is 0 Å². The summed E-state index contributed by atoms with van der Waals surface area (Å²) >= 11 is 5.98. The van der Waals surface area contributed by atoms with E-state index in [-0.39, 0.29) is 29.2 Å². The summed E-state index contributed by atoms with van der Waals surface area (Å²) < 4.78 is 38.9. The van der Waals surface area contributed by atoms with Crippen molar-refractivity contribution >= 4 is 39.4 Å². The van der Waals surface area contributed by atoms with Gasteiger partial charge >= 0.3 is 16.2 Å². The summed E-state index contributed by atoms with van der Waals surface area (Å²) in [7, 11) is -3.49. The Morgan fingerprint density at radius 3 is 2.77 bits per heavy atom. The number of nitrogens with zero attached hydrogens (tertiary/aromatic N) is 1. The highest BCUT2D eigenvalue weighted by molar-refractivity contribution is 7.86. The highest BCUT2D eigenvalue weighted by Gasteiger charge is 2.35. The van der Waals surface area contributed by atoms with Crippen molar-refractivity contribution in [3.05, 3.63) is 28.8 Å². The molecule has 1 fully saturated rings. The Hall–Kier alpha value is -1.67. The van der Waals surface area contributed by atoms with Crippen LogP contribution in [0.5, 0.6) is 0 Å². The number of hydrogen-bond acceptors (Lipinski definition) is 5. The maximum atomic E-state index is 12.8. The standard InChI is InChI=1S/C13H13ClFNO5S/c1-21-13(18)12-9(14)3-2-4-10(12)16-6-8(5-11(16)17)7-22(15,19)20/h2-4,8H,5-7H2,1H3. The van der Waals surface area contributed by atoms with Crippen molar-refractivity contribution in [1.82, 2.24) is 0 Å². The first-order valence-corrected chi connectivity index (χ1v) is 8.25. The second kappa shape index (κ2) is 6.21. The van der Waals surface area contributed by atoms with Crippen LogP contribution in [0.4, 0.5) is 9.57 Å². The van der Waals surface area contributed by atoms with Crippen molar-refractivity contribution in [2.75, 3.05) is 24.3 Å². The van der Waals surface area contributed by atoms with Crippen LogP contribution in [0.3, 0.4) is 0 Å². The van der Waals surface area contributed by atoms with Crippen LogP contribution in [0, 0.1) is 5.92 Å². The lowest BCUT2D eigenvalue weighted by molar-refractivity contribution is -0.117. The van der Waals surface area contributed by atoms with Gasteiger partial charge in [0.25, 0.3) is 0 Å². The number of hydrogen-bond donors (Lipinski definition) is 0. The Morgan fingerprint density at radius 1 is 1.50 bits per heavy atom. The predicted molar refractivity (Wildman–Crippen MR) is 78.1 cm³/mol. The molecule has 0 bridgehead atoms. The van der Waals surface area contributed by atoms with Crippen LogP contribution in [0.2, 0.25) is 5.02 Å². The monoisotopic (exact) mass is 349 g/mol. The molecule has 6 nitrogen and oxygen atoms in total. The maximum absolute atomic E-state index is 12.8. The van der Waals surface area contributed by atoms with Gasteiger partial charge in [0.15, 0.2) is 0 Å². The molecule has 1 heterocycles. The van der Waals surface area contributed by atoms with E-state index in [4.69, 9.17) is 11.6 Å². The molecule has 9 heteroatoms. The van der Waals surface area contributed by atoms with Gasteiger partial charge < -0.3 is 9.64 Å².